The highest BCUT2D eigenvalue weighted by molar-refractivity contribution is 6.05. The van der Waals surface area contributed by atoms with Crippen LogP contribution in [0, 0.1) is 0 Å². The van der Waals surface area contributed by atoms with Crippen molar-refractivity contribution in [3.8, 4) is 23.0 Å². The standard InChI is InChI=1S/C62H60N8O8/c71-59(67-49-13-5-1-6-14-49)63-37-41-75-53-29-21-45(22-30-53)57(46-23-31-54(32-24-46)76-42-38-64-60(72)68-50-15-7-2-8-16-50)58(47-25-33-55(34-26-47)77-43-39-65-61(73)69-51-17-9-3-10-18-51)48-27-35-56(36-28-48)78-44-40-66-62(74)70-52-19-11-4-12-20-52/h1-36H,37-44H2,(H2,63,67,71)(H2,64,68,72)(H2,65,69,73)(H2,66,70,74). The van der Waals surface area contributed by atoms with E-state index in [4.69, 9.17) is 18.9 Å². The number of nitrogens with one attached hydrogen (secondary N) is 8. The van der Waals surface area contributed by atoms with E-state index in [-0.39, 0.29) is 76.7 Å². The van der Waals surface area contributed by atoms with E-state index in [0.29, 0.717) is 45.7 Å². The summed E-state index contributed by atoms with van der Waals surface area (Å²) in [5.41, 5.74) is 8.03. The minimum absolute atomic E-state index is 0.237. The van der Waals surface area contributed by atoms with Crippen LogP contribution in [0.5, 0.6) is 23.0 Å². The van der Waals surface area contributed by atoms with Gasteiger partial charge in [0.25, 0.3) is 0 Å². The number of urea groups is 4. The molecule has 0 saturated carbocycles. The molecule has 0 spiro atoms. The summed E-state index contributed by atoms with van der Waals surface area (Å²) < 4.78 is 24.3. The van der Waals surface area contributed by atoms with Crippen molar-refractivity contribution >= 4 is 58.0 Å². The number of amides is 8. The number of ether oxygens (including phenoxy) is 4. The van der Waals surface area contributed by atoms with Gasteiger partial charge in [-0.1, -0.05) is 121 Å². The highest BCUT2D eigenvalue weighted by Crippen LogP contribution is 2.39. The summed E-state index contributed by atoms with van der Waals surface area (Å²) in [5.74, 6) is 2.45. The van der Waals surface area contributed by atoms with E-state index in [1.807, 2.05) is 218 Å². The second kappa shape index (κ2) is 29.0. The first-order chi connectivity index (χ1) is 38.3. The lowest BCUT2D eigenvalue weighted by atomic mass is 9.85. The van der Waals surface area contributed by atoms with Crippen LogP contribution in [-0.4, -0.2) is 76.7 Å². The van der Waals surface area contributed by atoms with Gasteiger partial charge in [0.15, 0.2) is 0 Å². The fourth-order valence-corrected chi connectivity index (χ4v) is 7.90. The fourth-order valence-electron chi connectivity index (χ4n) is 7.90. The largest absolute Gasteiger partial charge is 0.492 e. The Morgan fingerprint density at radius 1 is 0.256 bits per heavy atom. The van der Waals surface area contributed by atoms with Gasteiger partial charge in [-0.25, -0.2) is 19.2 Å². The number of hydrogen-bond acceptors (Lipinski definition) is 8. The van der Waals surface area contributed by atoms with E-state index in [1.54, 1.807) is 0 Å². The van der Waals surface area contributed by atoms with Crippen LogP contribution < -0.4 is 61.5 Å². The number of carbonyl (C=O) groups excluding carboxylic acids is 4. The van der Waals surface area contributed by atoms with Gasteiger partial charge in [-0.05, 0) is 130 Å². The monoisotopic (exact) mass is 1040 g/mol. The number of carbonyl (C=O) groups is 4. The predicted octanol–water partition coefficient (Wildman–Crippen LogP) is 11.5. The SMILES string of the molecule is O=C(NCCOc1ccc(C(=C(c2ccc(OCCNC(=O)Nc3ccccc3)cc2)c2ccc(OCCNC(=O)Nc3ccccc3)cc2)c2ccc(OCCNC(=O)Nc3ccccc3)cc2)cc1)Nc1ccccc1. The average Bonchev–Trinajstić information content (AvgIpc) is 3.54. The third-order valence-electron chi connectivity index (χ3n) is 11.6. The second-order valence-corrected chi connectivity index (χ2v) is 17.2. The maximum absolute atomic E-state index is 12.5. The number of anilines is 4. The molecule has 396 valence electrons. The van der Waals surface area contributed by atoms with Crippen molar-refractivity contribution in [2.75, 3.05) is 73.9 Å². The Morgan fingerprint density at radius 3 is 0.641 bits per heavy atom. The molecule has 8 aromatic rings. The number of hydrogen-bond donors (Lipinski definition) is 8. The summed E-state index contributed by atoms with van der Waals surface area (Å²) in [6.45, 7) is 2.06. The molecule has 0 aliphatic carbocycles. The Hall–Kier alpha value is -10.2. The molecule has 16 heteroatoms. The van der Waals surface area contributed by atoms with E-state index in [0.717, 1.165) is 33.4 Å². The van der Waals surface area contributed by atoms with Crippen LogP contribution >= 0.6 is 0 Å². The molecular weight excluding hydrogens is 985 g/mol. The lowest BCUT2D eigenvalue weighted by Crippen LogP contribution is -2.32. The first kappa shape index (κ1) is 54.1. The first-order valence-corrected chi connectivity index (χ1v) is 25.4. The van der Waals surface area contributed by atoms with Crippen LogP contribution in [0.25, 0.3) is 11.1 Å². The molecule has 0 aromatic heterocycles. The highest BCUT2D eigenvalue weighted by Gasteiger charge is 2.18. The van der Waals surface area contributed by atoms with Gasteiger partial charge in [-0.3, -0.25) is 0 Å². The lowest BCUT2D eigenvalue weighted by Gasteiger charge is -2.20. The molecule has 0 aliphatic rings. The zero-order valence-corrected chi connectivity index (χ0v) is 42.7. The summed E-state index contributed by atoms with van der Waals surface area (Å²) in [4.78, 5) is 50.0. The average molecular weight is 1050 g/mol. The van der Waals surface area contributed by atoms with E-state index >= 15 is 0 Å². The quantitative estimate of drug-likeness (QED) is 0.0216. The molecule has 0 heterocycles. The Morgan fingerprint density at radius 2 is 0.449 bits per heavy atom. The maximum Gasteiger partial charge on any atom is 0.319 e. The molecule has 8 aromatic carbocycles. The topological polar surface area (TPSA) is 201 Å². The van der Waals surface area contributed by atoms with Gasteiger partial charge >= 0.3 is 24.1 Å². The number of para-hydroxylation sites is 4. The molecule has 8 rings (SSSR count). The number of benzene rings is 8. The van der Waals surface area contributed by atoms with Gasteiger partial charge < -0.3 is 61.5 Å². The van der Waals surface area contributed by atoms with E-state index in [9.17, 15) is 19.2 Å². The molecule has 8 N–H and O–H groups in total. The van der Waals surface area contributed by atoms with Crippen molar-refractivity contribution in [1.29, 1.82) is 0 Å². The molecule has 0 radical (unpaired) electrons. The summed E-state index contributed by atoms with van der Waals surface area (Å²) >= 11 is 0. The molecular formula is C62H60N8O8. The molecule has 0 unspecified atom stereocenters. The minimum atomic E-state index is -0.331. The van der Waals surface area contributed by atoms with Crippen molar-refractivity contribution in [1.82, 2.24) is 21.3 Å². The summed E-state index contributed by atoms with van der Waals surface area (Å²) in [6.07, 6.45) is 0. The van der Waals surface area contributed by atoms with Gasteiger partial charge in [-0.15, -0.1) is 0 Å². The normalized spacial score (nSPS) is 10.4. The Labute approximate surface area is 453 Å². The summed E-state index contributed by atoms with van der Waals surface area (Å²) in [7, 11) is 0. The van der Waals surface area contributed by atoms with Gasteiger partial charge in [0.1, 0.15) is 49.4 Å². The van der Waals surface area contributed by atoms with Gasteiger partial charge in [-0.2, -0.15) is 0 Å². The Kier molecular flexibility index (Phi) is 20.1. The lowest BCUT2D eigenvalue weighted by molar-refractivity contribution is 0.246. The third kappa shape index (κ3) is 17.4. The Balaban J connectivity index is 1.02. The molecule has 0 fully saturated rings. The van der Waals surface area contributed by atoms with Gasteiger partial charge in [0, 0.05) is 22.7 Å². The molecule has 16 nitrogen and oxygen atoms in total. The summed E-state index contributed by atoms with van der Waals surface area (Å²) in [5, 5.41) is 22.6. The summed E-state index contributed by atoms with van der Waals surface area (Å²) in [6, 6.07) is 66.6. The van der Waals surface area contributed by atoms with Crippen LogP contribution in [0.4, 0.5) is 41.9 Å². The fraction of sp³-hybridized carbons (Fsp3) is 0.129. The number of rotatable bonds is 24. The first-order valence-electron chi connectivity index (χ1n) is 25.4. The van der Waals surface area contributed by atoms with Crippen molar-refractivity contribution in [2.45, 2.75) is 0 Å². The third-order valence-corrected chi connectivity index (χ3v) is 11.6. The van der Waals surface area contributed by atoms with Crippen LogP contribution in [0.3, 0.4) is 0 Å². The van der Waals surface area contributed by atoms with E-state index < -0.39 is 0 Å². The van der Waals surface area contributed by atoms with Crippen molar-refractivity contribution in [3.05, 3.63) is 241 Å². The predicted molar refractivity (Wildman–Crippen MR) is 307 cm³/mol. The molecule has 78 heavy (non-hydrogen) atoms. The zero-order valence-electron chi connectivity index (χ0n) is 42.7. The zero-order chi connectivity index (χ0) is 54.0. The maximum atomic E-state index is 12.5. The molecule has 0 bridgehead atoms. The van der Waals surface area contributed by atoms with Crippen LogP contribution in [0.15, 0.2) is 218 Å². The van der Waals surface area contributed by atoms with Gasteiger partial charge in [0.05, 0.1) is 26.2 Å². The van der Waals surface area contributed by atoms with Crippen molar-refractivity contribution in [2.24, 2.45) is 0 Å². The minimum Gasteiger partial charge on any atom is -0.492 e. The van der Waals surface area contributed by atoms with E-state index in [1.165, 1.54) is 0 Å². The highest BCUT2D eigenvalue weighted by atomic mass is 16.5. The molecule has 0 aliphatic heterocycles. The molecule has 0 saturated heterocycles. The van der Waals surface area contributed by atoms with Crippen molar-refractivity contribution in [3.63, 3.8) is 0 Å². The second-order valence-electron chi connectivity index (χ2n) is 17.2. The smallest absolute Gasteiger partial charge is 0.319 e. The van der Waals surface area contributed by atoms with Crippen LogP contribution in [0.2, 0.25) is 0 Å². The van der Waals surface area contributed by atoms with Crippen LogP contribution in [-0.2, 0) is 0 Å². The van der Waals surface area contributed by atoms with E-state index in [2.05, 4.69) is 42.5 Å². The van der Waals surface area contributed by atoms with Crippen molar-refractivity contribution < 1.29 is 38.1 Å². The molecule has 8 amide bonds. The van der Waals surface area contributed by atoms with Crippen LogP contribution in [0.1, 0.15) is 22.3 Å². The molecule has 0 atom stereocenters. The Bertz CT molecular complexity index is 2740. The van der Waals surface area contributed by atoms with Gasteiger partial charge in [0.2, 0.25) is 0 Å².